The largest absolute Gasteiger partial charge is 0.416 e. The van der Waals surface area contributed by atoms with Crippen LogP contribution in [0.25, 0.3) is 0 Å². The van der Waals surface area contributed by atoms with E-state index >= 15 is 0 Å². The minimum absolute atomic E-state index is 0.439. The molecule has 118 valence electrons. The standard InChI is InChI=1S/C16H20N2O2S2/c19-22(14-9-5-2-6-10-14)12-11-21-16-18-17-15(20-16)13-7-3-1-4-8-13/h2,5-6,9-10,13H,1,3-4,7-8,11-12H2. The zero-order chi connectivity index (χ0) is 15.2. The van der Waals surface area contributed by atoms with Crippen LogP contribution in [-0.4, -0.2) is 25.9 Å². The van der Waals surface area contributed by atoms with E-state index in [1.807, 2.05) is 30.3 Å². The Hall–Kier alpha value is -1.14. The fourth-order valence-corrected chi connectivity index (χ4v) is 4.74. The molecule has 0 saturated heterocycles. The molecule has 1 aliphatic rings. The summed E-state index contributed by atoms with van der Waals surface area (Å²) in [5.74, 6) is 2.53. The van der Waals surface area contributed by atoms with Crippen molar-refractivity contribution in [3.8, 4) is 0 Å². The maximum Gasteiger partial charge on any atom is 0.276 e. The first-order valence-electron chi connectivity index (χ1n) is 7.72. The molecule has 1 aromatic heterocycles. The predicted octanol–water partition coefficient (Wildman–Crippen LogP) is 4.02. The maximum atomic E-state index is 12.1. The van der Waals surface area contributed by atoms with Crippen LogP contribution in [0.5, 0.6) is 0 Å². The van der Waals surface area contributed by atoms with Crippen molar-refractivity contribution < 1.29 is 8.63 Å². The van der Waals surface area contributed by atoms with Gasteiger partial charge in [-0.1, -0.05) is 49.2 Å². The Morgan fingerprint density at radius 1 is 1.14 bits per heavy atom. The molecule has 1 aliphatic carbocycles. The van der Waals surface area contributed by atoms with Crippen molar-refractivity contribution in [2.45, 2.75) is 48.1 Å². The minimum atomic E-state index is -0.965. The second-order valence-electron chi connectivity index (χ2n) is 5.45. The lowest BCUT2D eigenvalue weighted by Crippen LogP contribution is -2.04. The van der Waals surface area contributed by atoms with Gasteiger partial charge in [-0.25, -0.2) is 0 Å². The Labute approximate surface area is 137 Å². The van der Waals surface area contributed by atoms with Crippen LogP contribution >= 0.6 is 11.8 Å². The zero-order valence-corrected chi connectivity index (χ0v) is 14.1. The Balaban J connectivity index is 1.48. The third kappa shape index (κ3) is 4.20. The van der Waals surface area contributed by atoms with Crippen LogP contribution in [0.4, 0.5) is 0 Å². The van der Waals surface area contributed by atoms with Crippen LogP contribution in [0.1, 0.15) is 43.9 Å². The Morgan fingerprint density at radius 2 is 1.91 bits per heavy atom. The van der Waals surface area contributed by atoms with E-state index in [-0.39, 0.29) is 0 Å². The van der Waals surface area contributed by atoms with Crippen LogP contribution < -0.4 is 0 Å². The van der Waals surface area contributed by atoms with E-state index < -0.39 is 10.8 Å². The number of benzene rings is 1. The second-order valence-corrected chi connectivity index (χ2v) is 8.07. The summed E-state index contributed by atoms with van der Waals surface area (Å²) in [4.78, 5) is 0.872. The number of hydrogen-bond acceptors (Lipinski definition) is 5. The van der Waals surface area contributed by atoms with Crippen LogP contribution in [0.15, 0.2) is 44.9 Å². The van der Waals surface area contributed by atoms with Crippen molar-refractivity contribution in [1.82, 2.24) is 10.2 Å². The smallest absolute Gasteiger partial charge is 0.276 e. The summed E-state index contributed by atoms with van der Waals surface area (Å²) < 4.78 is 17.9. The van der Waals surface area contributed by atoms with Crippen LogP contribution in [-0.2, 0) is 10.8 Å². The Bertz CT molecular complexity index is 610. The molecule has 0 spiro atoms. The van der Waals surface area contributed by atoms with Gasteiger partial charge in [0.05, 0.1) is 10.8 Å². The minimum Gasteiger partial charge on any atom is -0.416 e. The van der Waals surface area contributed by atoms with Gasteiger partial charge < -0.3 is 4.42 Å². The fraction of sp³-hybridized carbons (Fsp3) is 0.500. The summed E-state index contributed by atoms with van der Waals surface area (Å²) >= 11 is 1.49. The molecular formula is C16H20N2O2S2. The highest BCUT2D eigenvalue weighted by Crippen LogP contribution is 2.32. The monoisotopic (exact) mass is 336 g/mol. The average molecular weight is 336 g/mol. The average Bonchev–Trinajstić information content (AvgIpc) is 3.05. The molecule has 1 fully saturated rings. The van der Waals surface area contributed by atoms with E-state index in [4.69, 9.17) is 4.42 Å². The highest BCUT2D eigenvalue weighted by molar-refractivity contribution is 8.00. The summed E-state index contributed by atoms with van der Waals surface area (Å²) in [6, 6.07) is 9.55. The molecule has 1 unspecified atom stereocenters. The quantitative estimate of drug-likeness (QED) is 0.746. The van der Waals surface area contributed by atoms with Crippen molar-refractivity contribution in [2.24, 2.45) is 0 Å². The maximum absolute atomic E-state index is 12.1. The molecule has 0 N–H and O–H groups in total. The van der Waals surface area contributed by atoms with Gasteiger partial charge in [-0.15, -0.1) is 10.2 Å². The molecule has 4 nitrogen and oxygen atoms in total. The molecule has 1 atom stereocenters. The predicted molar refractivity (Wildman–Crippen MR) is 88.6 cm³/mol. The summed E-state index contributed by atoms with van der Waals surface area (Å²) in [5, 5.41) is 8.89. The number of rotatable bonds is 6. The van der Waals surface area contributed by atoms with Crippen molar-refractivity contribution >= 4 is 22.6 Å². The third-order valence-electron chi connectivity index (χ3n) is 3.88. The molecule has 22 heavy (non-hydrogen) atoms. The van der Waals surface area contributed by atoms with Gasteiger partial charge in [-0.2, -0.15) is 0 Å². The van der Waals surface area contributed by atoms with Crippen molar-refractivity contribution in [3.05, 3.63) is 36.2 Å². The first kappa shape index (κ1) is 15.7. The lowest BCUT2D eigenvalue weighted by atomic mass is 9.89. The first-order chi connectivity index (χ1) is 10.8. The molecule has 0 bridgehead atoms. The van der Waals surface area contributed by atoms with Gasteiger partial charge >= 0.3 is 0 Å². The molecule has 3 rings (SSSR count). The first-order valence-corrected chi connectivity index (χ1v) is 10.0. The molecular weight excluding hydrogens is 316 g/mol. The van der Waals surface area contributed by atoms with E-state index in [9.17, 15) is 4.21 Å². The summed E-state index contributed by atoms with van der Waals surface area (Å²) in [5.41, 5.74) is 0. The molecule has 1 aromatic carbocycles. The number of aromatic nitrogens is 2. The van der Waals surface area contributed by atoms with E-state index in [2.05, 4.69) is 10.2 Å². The van der Waals surface area contributed by atoms with Crippen molar-refractivity contribution in [1.29, 1.82) is 0 Å². The molecule has 0 radical (unpaired) electrons. The molecule has 6 heteroatoms. The van der Waals surface area contributed by atoms with Crippen LogP contribution in [0.3, 0.4) is 0 Å². The molecule has 0 aliphatic heterocycles. The lowest BCUT2D eigenvalue weighted by Gasteiger charge is -2.17. The Morgan fingerprint density at radius 3 is 2.68 bits per heavy atom. The molecule has 1 saturated carbocycles. The molecule has 0 amide bonds. The second kappa shape index (κ2) is 7.92. The highest BCUT2D eigenvalue weighted by Gasteiger charge is 2.21. The summed E-state index contributed by atoms with van der Waals surface area (Å²) in [7, 11) is -0.965. The van der Waals surface area contributed by atoms with E-state index in [0.29, 0.717) is 22.6 Å². The van der Waals surface area contributed by atoms with Gasteiger partial charge in [-0.05, 0) is 25.0 Å². The molecule has 1 heterocycles. The van der Waals surface area contributed by atoms with Gasteiger partial charge in [0.1, 0.15) is 0 Å². The van der Waals surface area contributed by atoms with Crippen LogP contribution in [0, 0.1) is 0 Å². The van der Waals surface area contributed by atoms with Gasteiger partial charge in [0, 0.05) is 22.3 Å². The topological polar surface area (TPSA) is 56.0 Å². The number of nitrogens with zero attached hydrogens (tertiary/aromatic N) is 2. The van der Waals surface area contributed by atoms with Gasteiger partial charge in [0.2, 0.25) is 5.89 Å². The number of hydrogen-bond donors (Lipinski definition) is 0. The number of thioether (sulfide) groups is 1. The van der Waals surface area contributed by atoms with Gasteiger partial charge in [-0.3, -0.25) is 4.21 Å². The van der Waals surface area contributed by atoms with E-state index in [0.717, 1.165) is 23.6 Å². The normalized spacial score (nSPS) is 17.5. The van der Waals surface area contributed by atoms with Gasteiger partial charge in [0.25, 0.3) is 5.22 Å². The van der Waals surface area contributed by atoms with E-state index in [1.165, 1.54) is 31.0 Å². The van der Waals surface area contributed by atoms with Gasteiger partial charge in [0.15, 0.2) is 0 Å². The van der Waals surface area contributed by atoms with E-state index in [1.54, 1.807) is 0 Å². The Kier molecular flexibility index (Phi) is 5.67. The molecule has 2 aromatic rings. The van der Waals surface area contributed by atoms with Crippen molar-refractivity contribution in [2.75, 3.05) is 11.5 Å². The fourth-order valence-electron chi connectivity index (χ4n) is 2.69. The third-order valence-corrected chi connectivity index (χ3v) is 6.33. The van der Waals surface area contributed by atoms with Crippen molar-refractivity contribution in [3.63, 3.8) is 0 Å². The SMILES string of the molecule is O=S(CCSc1nnc(C2CCCCC2)o1)c1ccccc1. The van der Waals surface area contributed by atoms with Crippen LogP contribution in [0.2, 0.25) is 0 Å². The summed E-state index contributed by atoms with van der Waals surface area (Å²) in [6.07, 6.45) is 6.14. The summed E-state index contributed by atoms with van der Waals surface area (Å²) in [6.45, 7) is 0. The lowest BCUT2D eigenvalue weighted by molar-refractivity contribution is 0.334. The zero-order valence-electron chi connectivity index (χ0n) is 12.4. The highest BCUT2D eigenvalue weighted by atomic mass is 32.2.